The highest BCUT2D eigenvalue weighted by Crippen LogP contribution is 2.27. The average molecular weight is 359 g/mol. The maximum Gasteiger partial charge on any atom is 0.142 e. The van der Waals surface area contributed by atoms with Crippen molar-refractivity contribution in [3.8, 4) is 0 Å². The highest BCUT2D eigenvalue weighted by atomic mass is 79.9. The molecule has 106 valence electrons. The largest absolute Gasteiger partial charge is 0.398 e. The Morgan fingerprint density at radius 3 is 2.65 bits per heavy atom. The first-order chi connectivity index (χ1) is 9.51. The summed E-state index contributed by atoms with van der Waals surface area (Å²) in [6, 6.07) is 10.0. The fourth-order valence-corrected chi connectivity index (χ4v) is 2.50. The van der Waals surface area contributed by atoms with Gasteiger partial charge in [-0.05, 0) is 47.9 Å². The van der Waals surface area contributed by atoms with Crippen molar-refractivity contribution in [1.82, 2.24) is 5.43 Å². The van der Waals surface area contributed by atoms with Gasteiger partial charge in [0, 0.05) is 10.2 Å². The summed E-state index contributed by atoms with van der Waals surface area (Å²) in [5.74, 6) is 5.16. The molecule has 0 bridgehead atoms. The molecule has 0 radical (unpaired) electrons. The van der Waals surface area contributed by atoms with Crippen LogP contribution in [0, 0.1) is 5.82 Å². The third kappa shape index (κ3) is 3.49. The number of benzene rings is 2. The molecular weight excluding hydrogens is 345 g/mol. The van der Waals surface area contributed by atoms with E-state index < -0.39 is 5.82 Å². The Morgan fingerprint density at radius 1 is 1.25 bits per heavy atom. The molecule has 0 fully saturated rings. The first-order valence-electron chi connectivity index (χ1n) is 5.96. The van der Waals surface area contributed by atoms with Gasteiger partial charge in [0.1, 0.15) is 5.82 Å². The zero-order valence-electron chi connectivity index (χ0n) is 10.5. The second-order valence-electron chi connectivity index (χ2n) is 4.45. The van der Waals surface area contributed by atoms with E-state index in [2.05, 4.69) is 21.4 Å². The van der Waals surface area contributed by atoms with Crippen LogP contribution in [0.5, 0.6) is 0 Å². The highest BCUT2D eigenvalue weighted by Gasteiger charge is 2.15. The van der Waals surface area contributed by atoms with E-state index in [1.807, 2.05) is 12.1 Å². The van der Waals surface area contributed by atoms with Crippen molar-refractivity contribution in [3.63, 3.8) is 0 Å². The monoisotopic (exact) mass is 357 g/mol. The maximum atomic E-state index is 13.5. The van der Waals surface area contributed by atoms with Crippen LogP contribution in [0.25, 0.3) is 0 Å². The molecule has 3 nitrogen and oxygen atoms in total. The molecule has 0 saturated heterocycles. The van der Waals surface area contributed by atoms with Crippen LogP contribution >= 0.6 is 27.5 Å². The quantitative estimate of drug-likeness (QED) is 0.445. The van der Waals surface area contributed by atoms with E-state index in [1.165, 1.54) is 12.1 Å². The second-order valence-corrected chi connectivity index (χ2v) is 5.77. The highest BCUT2D eigenvalue weighted by molar-refractivity contribution is 9.10. The number of nitrogen functional groups attached to an aromatic ring is 1. The number of hydrazine groups is 1. The molecule has 1 atom stereocenters. The van der Waals surface area contributed by atoms with Crippen LogP contribution in [0.3, 0.4) is 0 Å². The normalized spacial score (nSPS) is 12.4. The smallest absolute Gasteiger partial charge is 0.142 e. The molecule has 6 heteroatoms. The number of hydrogen-bond acceptors (Lipinski definition) is 3. The lowest BCUT2D eigenvalue weighted by Crippen LogP contribution is -2.30. The number of anilines is 1. The van der Waals surface area contributed by atoms with Crippen molar-refractivity contribution in [1.29, 1.82) is 0 Å². The Balaban J connectivity index is 2.28. The zero-order chi connectivity index (χ0) is 14.7. The number of nitrogens with two attached hydrogens (primary N) is 2. The van der Waals surface area contributed by atoms with Gasteiger partial charge >= 0.3 is 0 Å². The van der Waals surface area contributed by atoms with Crippen LogP contribution in [0.2, 0.25) is 5.02 Å². The average Bonchev–Trinajstić information content (AvgIpc) is 2.43. The van der Waals surface area contributed by atoms with Crippen LogP contribution in [-0.2, 0) is 6.42 Å². The van der Waals surface area contributed by atoms with Gasteiger partial charge in [0.05, 0.1) is 11.1 Å². The maximum absolute atomic E-state index is 13.5. The lowest BCUT2D eigenvalue weighted by atomic mass is 9.98. The lowest BCUT2D eigenvalue weighted by molar-refractivity contribution is 0.550. The van der Waals surface area contributed by atoms with E-state index in [1.54, 1.807) is 12.1 Å². The van der Waals surface area contributed by atoms with E-state index >= 15 is 0 Å². The van der Waals surface area contributed by atoms with Gasteiger partial charge in [-0.3, -0.25) is 11.3 Å². The van der Waals surface area contributed by atoms with E-state index in [-0.39, 0.29) is 11.1 Å². The molecule has 0 aliphatic heterocycles. The summed E-state index contributed by atoms with van der Waals surface area (Å²) in [4.78, 5) is 0. The number of halogens is 3. The number of hydrogen-bond donors (Lipinski definition) is 3. The van der Waals surface area contributed by atoms with Gasteiger partial charge in [0.2, 0.25) is 0 Å². The SMILES string of the molecule is NNC(Cc1ccc(Cl)c(F)c1)c1cc(Br)ccc1N. The summed E-state index contributed by atoms with van der Waals surface area (Å²) in [7, 11) is 0. The van der Waals surface area contributed by atoms with Gasteiger partial charge in [0.25, 0.3) is 0 Å². The van der Waals surface area contributed by atoms with Crippen LogP contribution in [0.15, 0.2) is 40.9 Å². The zero-order valence-corrected chi connectivity index (χ0v) is 12.9. The minimum Gasteiger partial charge on any atom is -0.398 e. The topological polar surface area (TPSA) is 64.1 Å². The molecule has 0 amide bonds. The molecule has 0 saturated carbocycles. The summed E-state index contributed by atoms with van der Waals surface area (Å²) in [5, 5.41) is 0.105. The van der Waals surface area contributed by atoms with E-state index in [9.17, 15) is 4.39 Å². The molecule has 0 heterocycles. The second kappa shape index (κ2) is 6.54. The van der Waals surface area contributed by atoms with Crippen molar-refractivity contribution < 1.29 is 4.39 Å². The molecule has 2 rings (SSSR count). The Hall–Kier alpha value is -1.14. The molecule has 0 spiro atoms. The van der Waals surface area contributed by atoms with E-state index in [4.69, 9.17) is 23.2 Å². The van der Waals surface area contributed by atoms with Crippen LogP contribution < -0.4 is 17.0 Å². The minimum atomic E-state index is -0.442. The third-order valence-electron chi connectivity index (χ3n) is 3.05. The van der Waals surface area contributed by atoms with Gasteiger partial charge in [-0.1, -0.05) is 33.6 Å². The van der Waals surface area contributed by atoms with Gasteiger partial charge in [-0.2, -0.15) is 0 Å². The van der Waals surface area contributed by atoms with Crippen LogP contribution in [0.1, 0.15) is 17.2 Å². The van der Waals surface area contributed by atoms with Crippen molar-refractivity contribution in [2.24, 2.45) is 5.84 Å². The Labute approximate surface area is 130 Å². The molecule has 0 aromatic heterocycles. The van der Waals surface area contributed by atoms with E-state index in [0.29, 0.717) is 12.1 Å². The Kier molecular flexibility index (Phi) is 4.99. The molecular formula is C14H14BrClFN3. The van der Waals surface area contributed by atoms with E-state index in [0.717, 1.165) is 15.6 Å². The Bertz CT molecular complexity index is 621. The van der Waals surface area contributed by atoms with Gasteiger partial charge in [-0.15, -0.1) is 0 Å². The molecule has 20 heavy (non-hydrogen) atoms. The lowest BCUT2D eigenvalue weighted by Gasteiger charge is -2.19. The molecule has 2 aromatic rings. The molecule has 5 N–H and O–H groups in total. The van der Waals surface area contributed by atoms with Crippen LogP contribution in [-0.4, -0.2) is 0 Å². The van der Waals surface area contributed by atoms with Crippen molar-refractivity contribution >= 4 is 33.2 Å². The fraction of sp³-hybridized carbons (Fsp3) is 0.143. The summed E-state index contributed by atoms with van der Waals surface area (Å²) in [5.41, 5.74) is 10.9. The van der Waals surface area contributed by atoms with Crippen LogP contribution in [0.4, 0.5) is 10.1 Å². The summed E-state index contributed by atoms with van der Waals surface area (Å²) in [6.45, 7) is 0. The minimum absolute atomic E-state index is 0.105. The standard InChI is InChI=1S/C14H14BrClFN3/c15-9-2-4-13(18)10(7-9)14(20-19)6-8-1-3-11(16)12(17)5-8/h1-5,7,14,20H,6,18-19H2. The van der Waals surface area contributed by atoms with Crippen molar-refractivity contribution in [2.45, 2.75) is 12.5 Å². The molecule has 1 unspecified atom stereocenters. The van der Waals surface area contributed by atoms with Gasteiger partial charge < -0.3 is 5.73 Å². The summed E-state index contributed by atoms with van der Waals surface area (Å²) >= 11 is 9.07. The third-order valence-corrected chi connectivity index (χ3v) is 3.85. The van der Waals surface area contributed by atoms with Gasteiger partial charge in [-0.25, -0.2) is 4.39 Å². The molecule has 2 aromatic carbocycles. The Morgan fingerprint density at radius 2 is 2.00 bits per heavy atom. The van der Waals surface area contributed by atoms with Crippen molar-refractivity contribution in [2.75, 3.05) is 5.73 Å². The fourth-order valence-electron chi connectivity index (χ4n) is 2.01. The predicted octanol–water partition coefficient (Wildman–Crippen LogP) is 3.57. The first-order valence-corrected chi connectivity index (χ1v) is 7.13. The van der Waals surface area contributed by atoms with Gasteiger partial charge in [0.15, 0.2) is 0 Å². The summed E-state index contributed by atoms with van der Waals surface area (Å²) < 4.78 is 14.4. The number of rotatable bonds is 4. The predicted molar refractivity (Wildman–Crippen MR) is 83.7 cm³/mol. The summed E-state index contributed by atoms with van der Waals surface area (Å²) in [6.07, 6.45) is 0.505. The first kappa shape index (κ1) is 15.3. The number of nitrogens with one attached hydrogen (secondary N) is 1. The van der Waals surface area contributed by atoms with Crippen molar-refractivity contribution in [3.05, 3.63) is 62.8 Å². The molecule has 0 aliphatic carbocycles. The molecule has 0 aliphatic rings.